The summed E-state index contributed by atoms with van der Waals surface area (Å²) in [6, 6.07) is 4.20. The van der Waals surface area contributed by atoms with Gasteiger partial charge < -0.3 is 0 Å². The van der Waals surface area contributed by atoms with Crippen LogP contribution in [0.15, 0.2) is 22.7 Å². The first-order chi connectivity index (χ1) is 7.59. The second kappa shape index (κ2) is 4.55. The van der Waals surface area contributed by atoms with Crippen molar-refractivity contribution in [2.24, 2.45) is 0 Å². The Balaban J connectivity index is 2.38. The molecule has 0 atom stereocenters. The van der Waals surface area contributed by atoms with Crippen molar-refractivity contribution in [3.63, 3.8) is 0 Å². The lowest BCUT2D eigenvalue weighted by Crippen LogP contribution is -2.43. The van der Waals surface area contributed by atoms with Crippen molar-refractivity contribution in [2.45, 2.75) is 0 Å². The number of halogens is 2. The number of thioether (sulfide) groups is 1. The van der Waals surface area contributed by atoms with Crippen LogP contribution < -0.4 is 4.90 Å². The van der Waals surface area contributed by atoms with Gasteiger partial charge in [-0.3, -0.25) is 9.59 Å². The fourth-order valence-electron chi connectivity index (χ4n) is 1.41. The Kier molecular flexibility index (Phi) is 3.30. The van der Waals surface area contributed by atoms with E-state index in [1.807, 2.05) is 0 Å². The monoisotopic (exact) mass is 303 g/mol. The molecule has 1 fully saturated rings. The van der Waals surface area contributed by atoms with Crippen molar-refractivity contribution in [2.75, 3.05) is 16.4 Å². The lowest BCUT2D eigenvalue weighted by atomic mass is 10.2. The quantitative estimate of drug-likeness (QED) is 0.746. The molecule has 1 aromatic carbocycles. The molecule has 0 spiro atoms. The largest absolute Gasteiger partial charge is 0.273 e. The number of imide groups is 1. The number of hydrogen-bond donors (Lipinski definition) is 0. The lowest BCUT2D eigenvalue weighted by Gasteiger charge is -2.24. The van der Waals surface area contributed by atoms with E-state index in [1.54, 1.807) is 6.07 Å². The van der Waals surface area contributed by atoms with E-state index in [-0.39, 0.29) is 29.0 Å². The molecule has 16 heavy (non-hydrogen) atoms. The van der Waals surface area contributed by atoms with Crippen molar-refractivity contribution >= 4 is 45.2 Å². The minimum Gasteiger partial charge on any atom is -0.273 e. The Morgan fingerprint density at radius 2 is 1.88 bits per heavy atom. The molecule has 2 amide bonds. The Morgan fingerprint density at radius 3 is 2.44 bits per heavy atom. The van der Waals surface area contributed by atoms with Crippen molar-refractivity contribution in [3.8, 4) is 0 Å². The normalized spacial score (nSPS) is 16.8. The van der Waals surface area contributed by atoms with E-state index in [0.717, 1.165) is 4.90 Å². The molecule has 0 aliphatic carbocycles. The summed E-state index contributed by atoms with van der Waals surface area (Å²) in [5.74, 6) is -0.588. The molecule has 1 aromatic rings. The predicted octanol–water partition coefficient (Wildman–Crippen LogP) is 2.19. The first-order valence-electron chi connectivity index (χ1n) is 4.48. The van der Waals surface area contributed by atoms with Gasteiger partial charge in [0.25, 0.3) is 0 Å². The summed E-state index contributed by atoms with van der Waals surface area (Å²) in [7, 11) is 0. The molecule has 6 heteroatoms. The van der Waals surface area contributed by atoms with Crippen molar-refractivity contribution in [3.05, 3.63) is 28.5 Å². The number of hydrogen-bond acceptors (Lipinski definition) is 3. The smallest absolute Gasteiger partial charge is 0.243 e. The molecule has 1 aliphatic heterocycles. The summed E-state index contributed by atoms with van der Waals surface area (Å²) < 4.78 is 13.6. The highest BCUT2D eigenvalue weighted by Crippen LogP contribution is 2.25. The van der Waals surface area contributed by atoms with Gasteiger partial charge in [0.15, 0.2) is 0 Å². The van der Waals surface area contributed by atoms with E-state index in [9.17, 15) is 14.0 Å². The zero-order valence-electron chi connectivity index (χ0n) is 8.07. The van der Waals surface area contributed by atoms with Gasteiger partial charge in [0.2, 0.25) is 11.8 Å². The summed E-state index contributed by atoms with van der Waals surface area (Å²) in [4.78, 5) is 24.1. The van der Waals surface area contributed by atoms with Crippen LogP contribution in [0.5, 0.6) is 0 Å². The summed E-state index contributed by atoms with van der Waals surface area (Å²) >= 11 is 4.29. The number of amides is 2. The van der Waals surface area contributed by atoms with E-state index < -0.39 is 5.82 Å². The van der Waals surface area contributed by atoms with Gasteiger partial charge in [-0.1, -0.05) is 0 Å². The first-order valence-corrected chi connectivity index (χ1v) is 6.43. The third-order valence-corrected chi connectivity index (χ3v) is 3.66. The Bertz CT molecular complexity index is 450. The van der Waals surface area contributed by atoms with Gasteiger partial charge in [-0.05, 0) is 34.1 Å². The number of benzene rings is 1. The van der Waals surface area contributed by atoms with Crippen LogP contribution in [0.25, 0.3) is 0 Å². The molecule has 1 aliphatic rings. The topological polar surface area (TPSA) is 37.4 Å². The zero-order valence-corrected chi connectivity index (χ0v) is 10.5. The Labute approximate surface area is 104 Å². The van der Waals surface area contributed by atoms with Crippen LogP contribution in [-0.2, 0) is 9.59 Å². The van der Waals surface area contributed by atoms with Gasteiger partial charge in [-0.25, -0.2) is 9.29 Å². The first kappa shape index (κ1) is 11.6. The molecule has 1 heterocycles. The molecule has 0 unspecified atom stereocenters. The minimum absolute atomic E-state index is 0.253. The van der Waals surface area contributed by atoms with Gasteiger partial charge in [0.1, 0.15) is 5.82 Å². The van der Waals surface area contributed by atoms with Crippen molar-refractivity contribution < 1.29 is 14.0 Å². The number of carbonyl (C=O) groups excluding carboxylic acids is 2. The third-order valence-electron chi connectivity index (χ3n) is 2.11. The number of nitrogens with zero attached hydrogens (tertiary/aromatic N) is 1. The van der Waals surface area contributed by atoms with E-state index >= 15 is 0 Å². The minimum atomic E-state index is -0.490. The van der Waals surface area contributed by atoms with Crippen molar-refractivity contribution in [1.29, 1.82) is 0 Å². The zero-order chi connectivity index (χ0) is 11.7. The third kappa shape index (κ3) is 2.12. The summed E-state index contributed by atoms with van der Waals surface area (Å²) in [6.07, 6.45) is 0. The second-order valence-electron chi connectivity index (χ2n) is 3.21. The SMILES string of the molecule is O=C1CSCC(=O)N1c1ccc(Br)c(F)c1. The van der Waals surface area contributed by atoms with Crippen LogP contribution in [0, 0.1) is 5.82 Å². The standard InChI is InChI=1S/C10H7BrFNO2S/c11-7-2-1-6(3-8(7)12)13-9(14)4-16-5-10(13)15/h1-3H,4-5H2. The lowest BCUT2D eigenvalue weighted by molar-refractivity contribution is -0.124. The molecule has 0 bridgehead atoms. The van der Waals surface area contributed by atoms with Gasteiger partial charge in [-0.2, -0.15) is 0 Å². The molecule has 1 saturated heterocycles. The Hall–Kier alpha value is -0.880. The van der Waals surface area contributed by atoms with Crippen LogP contribution in [0.3, 0.4) is 0 Å². The molecule has 84 valence electrons. The van der Waals surface area contributed by atoms with E-state index in [2.05, 4.69) is 15.9 Å². The van der Waals surface area contributed by atoms with Gasteiger partial charge in [0.05, 0.1) is 21.7 Å². The molecular formula is C10H7BrFNO2S. The van der Waals surface area contributed by atoms with E-state index in [0.29, 0.717) is 4.47 Å². The van der Waals surface area contributed by atoms with E-state index in [1.165, 1.54) is 23.9 Å². The summed E-state index contributed by atoms with van der Waals surface area (Å²) in [5.41, 5.74) is 0.288. The average molecular weight is 304 g/mol. The van der Waals surface area contributed by atoms with Crippen LogP contribution >= 0.6 is 27.7 Å². The maximum absolute atomic E-state index is 13.3. The summed E-state index contributed by atoms with van der Waals surface area (Å²) in [5, 5.41) is 0. The van der Waals surface area contributed by atoms with Crippen LogP contribution in [0.4, 0.5) is 10.1 Å². The number of rotatable bonds is 1. The highest BCUT2D eigenvalue weighted by Gasteiger charge is 2.28. The van der Waals surface area contributed by atoms with Crippen LogP contribution in [0.1, 0.15) is 0 Å². The van der Waals surface area contributed by atoms with Crippen LogP contribution in [-0.4, -0.2) is 23.3 Å². The fourth-order valence-corrected chi connectivity index (χ4v) is 2.36. The Morgan fingerprint density at radius 1 is 1.25 bits per heavy atom. The maximum atomic E-state index is 13.3. The molecule has 0 saturated carbocycles. The van der Waals surface area contributed by atoms with Gasteiger partial charge in [-0.15, -0.1) is 11.8 Å². The fraction of sp³-hybridized carbons (Fsp3) is 0.200. The second-order valence-corrected chi connectivity index (χ2v) is 5.05. The summed E-state index contributed by atoms with van der Waals surface area (Å²) in [6.45, 7) is 0. The average Bonchev–Trinajstić information content (AvgIpc) is 2.23. The van der Waals surface area contributed by atoms with Gasteiger partial charge in [0, 0.05) is 0 Å². The number of anilines is 1. The molecule has 2 rings (SSSR count). The molecule has 3 nitrogen and oxygen atoms in total. The van der Waals surface area contributed by atoms with Crippen LogP contribution in [0.2, 0.25) is 0 Å². The highest BCUT2D eigenvalue weighted by molar-refractivity contribution is 9.10. The predicted molar refractivity (Wildman–Crippen MR) is 63.9 cm³/mol. The molecule has 0 aromatic heterocycles. The van der Waals surface area contributed by atoms with E-state index in [4.69, 9.17) is 0 Å². The number of carbonyl (C=O) groups is 2. The molecular weight excluding hydrogens is 297 g/mol. The highest BCUT2D eigenvalue weighted by atomic mass is 79.9. The van der Waals surface area contributed by atoms with Crippen molar-refractivity contribution in [1.82, 2.24) is 0 Å². The maximum Gasteiger partial charge on any atom is 0.243 e. The van der Waals surface area contributed by atoms with Gasteiger partial charge >= 0.3 is 0 Å². The molecule has 0 N–H and O–H groups in total. The molecule has 0 radical (unpaired) electrons.